The monoisotopic (exact) mass is 338 g/mol. The SMILES string of the molecule is COc1cc(Cl)c(C)cc1NC(=O)C(C)N1CC(C)CC(C)C1. The molecule has 128 valence electrons. The predicted octanol–water partition coefficient (Wildman–Crippen LogP) is 3.96. The maximum atomic E-state index is 12.6. The Morgan fingerprint density at radius 3 is 2.52 bits per heavy atom. The number of hydrogen-bond donors (Lipinski definition) is 1. The van der Waals surface area contributed by atoms with Gasteiger partial charge in [0.05, 0.1) is 18.8 Å². The number of rotatable bonds is 4. The Morgan fingerprint density at radius 1 is 1.35 bits per heavy atom. The Bertz CT molecular complexity index is 566. The standard InChI is InChI=1S/C18H27ClN2O2/c1-11-6-12(2)10-21(9-11)14(4)18(22)20-16-7-13(3)15(19)8-17(16)23-5/h7-8,11-12,14H,6,9-10H2,1-5H3,(H,20,22). The molecule has 3 unspecified atom stereocenters. The van der Waals surface area contributed by atoms with Crippen LogP contribution in [0.2, 0.25) is 5.02 Å². The molecular weight excluding hydrogens is 312 g/mol. The van der Waals surface area contributed by atoms with Crippen LogP contribution >= 0.6 is 11.6 Å². The summed E-state index contributed by atoms with van der Waals surface area (Å²) >= 11 is 6.12. The Morgan fingerprint density at radius 2 is 1.96 bits per heavy atom. The van der Waals surface area contributed by atoms with E-state index in [1.54, 1.807) is 13.2 Å². The highest BCUT2D eigenvalue weighted by atomic mass is 35.5. The molecule has 1 saturated heterocycles. The van der Waals surface area contributed by atoms with Crippen molar-refractivity contribution in [3.63, 3.8) is 0 Å². The van der Waals surface area contributed by atoms with Crippen molar-refractivity contribution in [1.29, 1.82) is 0 Å². The number of hydrogen-bond acceptors (Lipinski definition) is 3. The number of benzene rings is 1. The van der Waals surface area contributed by atoms with Gasteiger partial charge in [-0.25, -0.2) is 0 Å². The van der Waals surface area contributed by atoms with Crippen molar-refractivity contribution < 1.29 is 9.53 Å². The summed E-state index contributed by atoms with van der Waals surface area (Å²) < 4.78 is 5.33. The molecule has 4 nitrogen and oxygen atoms in total. The Hall–Kier alpha value is -1.26. The molecule has 0 bridgehead atoms. The van der Waals surface area contributed by atoms with Gasteiger partial charge < -0.3 is 10.1 Å². The zero-order valence-corrected chi connectivity index (χ0v) is 15.4. The Kier molecular flexibility index (Phi) is 5.93. The van der Waals surface area contributed by atoms with Crippen molar-refractivity contribution in [2.45, 2.75) is 40.2 Å². The van der Waals surface area contributed by atoms with E-state index in [0.717, 1.165) is 18.7 Å². The third-order valence-corrected chi connectivity index (χ3v) is 4.97. The van der Waals surface area contributed by atoms with Crippen molar-refractivity contribution in [3.05, 3.63) is 22.7 Å². The Balaban J connectivity index is 2.11. The number of nitrogens with zero attached hydrogens (tertiary/aromatic N) is 1. The summed E-state index contributed by atoms with van der Waals surface area (Å²) in [5, 5.41) is 3.62. The van der Waals surface area contributed by atoms with Gasteiger partial charge in [0.1, 0.15) is 5.75 Å². The van der Waals surface area contributed by atoms with Gasteiger partial charge in [-0.05, 0) is 43.7 Å². The third kappa shape index (κ3) is 4.39. The summed E-state index contributed by atoms with van der Waals surface area (Å²) in [6.07, 6.45) is 1.23. The summed E-state index contributed by atoms with van der Waals surface area (Å²) in [4.78, 5) is 14.9. The minimum absolute atomic E-state index is 0.00803. The van der Waals surface area contributed by atoms with Crippen LogP contribution < -0.4 is 10.1 Å². The van der Waals surface area contributed by atoms with E-state index in [1.165, 1.54) is 6.42 Å². The van der Waals surface area contributed by atoms with Crippen molar-refractivity contribution in [3.8, 4) is 5.75 Å². The molecule has 1 N–H and O–H groups in total. The molecule has 0 saturated carbocycles. The number of anilines is 1. The number of nitrogens with one attached hydrogen (secondary N) is 1. The molecule has 1 heterocycles. The molecule has 23 heavy (non-hydrogen) atoms. The first-order valence-corrected chi connectivity index (χ1v) is 8.58. The Labute approximate surface area is 144 Å². The fourth-order valence-corrected chi connectivity index (χ4v) is 3.51. The molecule has 0 aromatic heterocycles. The van der Waals surface area contributed by atoms with Crippen LogP contribution in [0, 0.1) is 18.8 Å². The lowest BCUT2D eigenvalue weighted by molar-refractivity contribution is -0.121. The topological polar surface area (TPSA) is 41.6 Å². The van der Waals surface area contributed by atoms with Crippen LogP contribution in [0.15, 0.2) is 12.1 Å². The maximum Gasteiger partial charge on any atom is 0.241 e. The lowest BCUT2D eigenvalue weighted by Gasteiger charge is -2.38. The van der Waals surface area contributed by atoms with Gasteiger partial charge in [-0.2, -0.15) is 0 Å². The number of carbonyl (C=O) groups excluding carboxylic acids is 1. The van der Waals surface area contributed by atoms with Crippen LogP contribution in [0.3, 0.4) is 0 Å². The van der Waals surface area contributed by atoms with E-state index in [1.807, 2.05) is 19.9 Å². The number of carbonyl (C=O) groups is 1. The number of amides is 1. The van der Waals surface area contributed by atoms with Gasteiger partial charge in [0.2, 0.25) is 5.91 Å². The van der Waals surface area contributed by atoms with Gasteiger partial charge in [0.15, 0.2) is 0 Å². The highest BCUT2D eigenvalue weighted by Crippen LogP contribution is 2.31. The largest absolute Gasteiger partial charge is 0.495 e. The van der Waals surface area contributed by atoms with Crippen molar-refractivity contribution >= 4 is 23.2 Å². The molecule has 0 aliphatic carbocycles. The predicted molar refractivity (Wildman–Crippen MR) is 95.4 cm³/mol. The fourth-order valence-electron chi connectivity index (χ4n) is 3.36. The minimum atomic E-state index is -0.166. The molecule has 3 atom stereocenters. The first kappa shape index (κ1) is 18.1. The van der Waals surface area contributed by atoms with Crippen LogP contribution in [-0.2, 0) is 4.79 Å². The zero-order valence-electron chi connectivity index (χ0n) is 14.6. The maximum absolute atomic E-state index is 12.6. The second-order valence-electron chi connectivity index (χ2n) is 6.87. The van der Waals surface area contributed by atoms with Gasteiger partial charge in [-0.3, -0.25) is 9.69 Å². The minimum Gasteiger partial charge on any atom is -0.495 e. The second-order valence-corrected chi connectivity index (χ2v) is 7.27. The van der Waals surface area contributed by atoms with E-state index in [0.29, 0.717) is 28.3 Å². The molecule has 1 amide bonds. The summed E-state index contributed by atoms with van der Waals surface area (Å²) in [6.45, 7) is 10.3. The molecular formula is C18H27ClN2O2. The summed E-state index contributed by atoms with van der Waals surface area (Å²) in [5.41, 5.74) is 1.58. The van der Waals surface area contributed by atoms with Crippen molar-refractivity contribution in [1.82, 2.24) is 4.90 Å². The lowest BCUT2D eigenvalue weighted by Crippen LogP contribution is -2.48. The first-order chi connectivity index (χ1) is 10.8. The molecule has 5 heteroatoms. The number of methoxy groups -OCH3 is 1. The molecule has 1 aromatic rings. The smallest absolute Gasteiger partial charge is 0.241 e. The summed E-state index contributed by atoms with van der Waals surface area (Å²) in [5.74, 6) is 1.83. The molecule has 2 rings (SSSR count). The number of likely N-dealkylation sites (tertiary alicyclic amines) is 1. The number of piperidine rings is 1. The number of halogens is 1. The van der Waals surface area contributed by atoms with E-state index in [-0.39, 0.29) is 11.9 Å². The van der Waals surface area contributed by atoms with Gasteiger partial charge in [-0.15, -0.1) is 0 Å². The van der Waals surface area contributed by atoms with Crippen molar-refractivity contribution in [2.24, 2.45) is 11.8 Å². The van der Waals surface area contributed by atoms with E-state index in [2.05, 4.69) is 24.1 Å². The molecule has 0 spiro atoms. The highest BCUT2D eigenvalue weighted by Gasteiger charge is 2.29. The third-order valence-electron chi connectivity index (χ3n) is 4.56. The van der Waals surface area contributed by atoms with E-state index >= 15 is 0 Å². The van der Waals surface area contributed by atoms with Crippen LogP contribution in [0.1, 0.15) is 32.8 Å². The van der Waals surface area contributed by atoms with Crippen LogP contribution in [0.25, 0.3) is 0 Å². The fraction of sp³-hybridized carbons (Fsp3) is 0.611. The van der Waals surface area contributed by atoms with E-state index in [9.17, 15) is 4.79 Å². The summed E-state index contributed by atoms with van der Waals surface area (Å²) in [7, 11) is 1.58. The first-order valence-electron chi connectivity index (χ1n) is 8.20. The van der Waals surface area contributed by atoms with Crippen LogP contribution in [0.5, 0.6) is 5.75 Å². The molecule has 1 fully saturated rings. The lowest BCUT2D eigenvalue weighted by atomic mass is 9.91. The van der Waals surface area contributed by atoms with Gasteiger partial charge in [-0.1, -0.05) is 25.4 Å². The average Bonchev–Trinajstić information content (AvgIpc) is 2.48. The molecule has 1 aliphatic rings. The zero-order chi connectivity index (χ0) is 17.1. The van der Waals surface area contributed by atoms with Gasteiger partial charge in [0.25, 0.3) is 0 Å². The molecule has 1 aliphatic heterocycles. The van der Waals surface area contributed by atoms with Crippen LogP contribution in [0.4, 0.5) is 5.69 Å². The second kappa shape index (κ2) is 7.54. The molecule has 1 aromatic carbocycles. The van der Waals surface area contributed by atoms with Gasteiger partial charge >= 0.3 is 0 Å². The quantitative estimate of drug-likeness (QED) is 0.903. The average molecular weight is 339 g/mol. The number of aryl methyl sites for hydroxylation is 1. The van der Waals surface area contributed by atoms with Crippen molar-refractivity contribution in [2.75, 3.05) is 25.5 Å². The van der Waals surface area contributed by atoms with E-state index < -0.39 is 0 Å². The number of ether oxygens (including phenoxy) is 1. The normalized spacial score (nSPS) is 23.4. The molecule has 0 radical (unpaired) electrons. The van der Waals surface area contributed by atoms with Gasteiger partial charge in [0, 0.05) is 24.2 Å². The highest BCUT2D eigenvalue weighted by molar-refractivity contribution is 6.31. The van der Waals surface area contributed by atoms with E-state index in [4.69, 9.17) is 16.3 Å². The van der Waals surface area contributed by atoms with Crippen LogP contribution in [-0.4, -0.2) is 37.0 Å². The summed E-state index contributed by atoms with van der Waals surface area (Å²) in [6, 6.07) is 3.43.